The SMILES string of the molecule is N#Cc1ccccn1.O=C(O)C1CCC1. The van der Waals surface area contributed by atoms with Crippen molar-refractivity contribution < 1.29 is 9.90 Å². The van der Waals surface area contributed by atoms with Crippen LogP contribution in [-0.2, 0) is 4.79 Å². The molecule has 1 heterocycles. The standard InChI is InChI=1S/C6H4N2.C5H8O2/c7-5-6-3-1-2-4-8-6;6-5(7)4-2-1-3-4/h1-4H;4H,1-3H2,(H,6,7). The average molecular weight is 204 g/mol. The first-order chi connectivity index (χ1) is 7.24. The molecular formula is C11H12N2O2. The van der Waals surface area contributed by atoms with Crippen LogP contribution in [-0.4, -0.2) is 16.1 Å². The van der Waals surface area contributed by atoms with Gasteiger partial charge in [0, 0.05) is 6.20 Å². The van der Waals surface area contributed by atoms with Crippen molar-refractivity contribution >= 4 is 5.97 Å². The zero-order valence-electron chi connectivity index (χ0n) is 8.26. The minimum Gasteiger partial charge on any atom is -0.481 e. The number of aromatic nitrogens is 1. The van der Waals surface area contributed by atoms with Crippen molar-refractivity contribution in [2.75, 3.05) is 0 Å². The highest BCUT2D eigenvalue weighted by Crippen LogP contribution is 2.25. The quantitative estimate of drug-likeness (QED) is 0.757. The molecule has 2 rings (SSSR count). The molecule has 78 valence electrons. The van der Waals surface area contributed by atoms with Gasteiger partial charge in [-0.25, -0.2) is 4.98 Å². The Kier molecular flexibility index (Phi) is 4.30. The monoisotopic (exact) mass is 204 g/mol. The molecule has 0 spiro atoms. The third-order valence-electron chi connectivity index (χ3n) is 2.23. The molecule has 1 aromatic rings. The first-order valence-corrected chi connectivity index (χ1v) is 4.78. The largest absolute Gasteiger partial charge is 0.481 e. The Bertz CT molecular complexity index is 353. The minimum atomic E-state index is -0.619. The van der Waals surface area contributed by atoms with Gasteiger partial charge in [0.05, 0.1) is 5.92 Å². The van der Waals surface area contributed by atoms with Crippen LogP contribution < -0.4 is 0 Å². The number of aliphatic carboxylic acids is 1. The van der Waals surface area contributed by atoms with Crippen molar-refractivity contribution in [2.45, 2.75) is 19.3 Å². The molecule has 1 aliphatic rings. The van der Waals surface area contributed by atoms with E-state index in [1.54, 1.807) is 24.4 Å². The van der Waals surface area contributed by atoms with Crippen molar-refractivity contribution in [3.8, 4) is 6.07 Å². The molecule has 0 aliphatic heterocycles. The van der Waals surface area contributed by atoms with Gasteiger partial charge in [0.1, 0.15) is 11.8 Å². The zero-order valence-corrected chi connectivity index (χ0v) is 8.26. The molecular weight excluding hydrogens is 192 g/mol. The number of nitriles is 1. The molecule has 0 bridgehead atoms. The highest BCUT2D eigenvalue weighted by Gasteiger charge is 2.23. The van der Waals surface area contributed by atoms with Crippen LogP contribution in [0.3, 0.4) is 0 Å². The molecule has 0 radical (unpaired) electrons. The molecule has 0 saturated heterocycles. The van der Waals surface area contributed by atoms with Crippen LogP contribution in [0.5, 0.6) is 0 Å². The zero-order chi connectivity index (χ0) is 11.1. The molecule has 0 aromatic carbocycles. The van der Waals surface area contributed by atoms with Crippen molar-refractivity contribution in [3.05, 3.63) is 30.1 Å². The highest BCUT2D eigenvalue weighted by molar-refractivity contribution is 5.70. The van der Waals surface area contributed by atoms with E-state index in [4.69, 9.17) is 10.4 Å². The molecule has 4 heteroatoms. The lowest BCUT2D eigenvalue weighted by molar-refractivity contribution is -0.144. The van der Waals surface area contributed by atoms with Gasteiger partial charge < -0.3 is 5.11 Å². The minimum absolute atomic E-state index is 0.000000000000000444. The van der Waals surface area contributed by atoms with Crippen molar-refractivity contribution in [1.82, 2.24) is 4.98 Å². The molecule has 0 atom stereocenters. The Morgan fingerprint density at radius 2 is 2.27 bits per heavy atom. The van der Waals surface area contributed by atoms with E-state index in [1.807, 2.05) is 6.07 Å². The third kappa shape index (κ3) is 3.77. The molecule has 1 aromatic heterocycles. The van der Waals surface area contributed by atoms with E-state index in [0.717, 1.165) is 19.3 Å². The predicted octanol–water partition coefficient (Wildman–Crippen LogP) is 1.82. The van der Waals surface area contributed by atoms with Gasteiger partial charge >= 0.3 is 5.97 Å². The lowest BCUT2D eigenvalue weighted by atomic mass is 9.86. The highest BCUT2D eigenvalue weighted by atomic mass is 16.4. The molecule has 0 unspecified atom stereocenters. The fourth-order valence-corrected chi connectivity index (χ4v) is 1.08. The van der Waals surface area contributed by atoms with Crippen molar-refractivity contribution in [2.24, 2.45) is 5.92 Å². The number of rotatable bonds is 1. The van der Waals surface area contributed by atoms with Gasteiger partial charge in [-0.2, -0.15) is 5.26 Å². The van der Waals surface area contributed by atoms with Gasteiger partial charge in [-0.05, 0) is 25.0 Å². The van der Waals surface area contributed by atoms with Crippen molar-refractivity contribution in [3.63, 3.8) is 0 Å². The first-order valence-electron chi connectivity index (χ1n) is 4.78. The van der Waals surface area contributed by atoms with Gasteiger partial charge in [0.25, 0.3) is 0 Å². The summed E-state index contributed by atoms with van der Waals surface area (Å²) in [6, 6.07) is 7.14. The molecule has 0 amide bonds. The maximum atomic E-state index is 9.98. The first kappa shape index (κ1) is 11.2. The Hall–Kier alpha value is -1.89. The smallest absolute Gasteiger partial charge is 0.306 e. The van der Waals surface area contributed by atoms with Crippen LogP contribution >= 0.6 is 0 Å². The second-order valence-corrected chi connectivity index (χ2v) is 3.29. The topological polar surface area (TPSA) is 74.0 Å². The number of pyridine rings is 1. The van der Waals surface area contributed by atoms with Gasteiger partial charge in [0.2, 0.25) is 0 Å². The number of carboxylic acid groups (broad SMARTS) is 1. The fraction of sp³-hybridized carbons (Fsp3) is 0.364. The second kappa shape index (κ2) is 5.76. The number of hydrogen-bond donors (Lipinski definition) is 1. The van der Waals surface area contributed by atoms with E-state index in [2.05, 4.69) is 4.98 Å². The molecule has 1 saturated carbocycles. The lowest BCUT2D eigenvalue weighted by Crippen LogP contribution is -2.20. The number of carboxylic acids is 1. The van der Waals surface area contributed by atoms with Gasteiger partial charge in [-0.15, -0.1) is 0 Å². The van der Waals surface area contributed by atoms with E-state index in [1.165, 1.54) is 0 Å². The van der Waals surface area contributed by atoms with E-state index < -0.39 is 5.97 Å². The van der Waals surface area contributed by atoms with Crippen LogP contribution in [0.1, 0.15) is 25.0 Å². The van der Waals surface area contributed by atoms with Gasteiger partial charge in [-0.3, -0.25) is 4.79 Å². The summed E-state index contributed by atoms with van der Waals surface area (Å²) in [4.78, 5) is 13.7. The maximum absolute atomic E-state index is 9.98. The summed E-state index contributed by atoms with van der Waals surface area (Å²) in [6.45, 7) is 0. The summed E-state index contributed by atoms with van der Waals surface area (Å²) in [5.74, 6) is -0.619. The Morgan fingerprint density at radius 1 is 1.53 bits per heavy atom. The average Bonchev–Trinajstić information content (AvgIpc) is 2.16. The fourth-order valence-electron chi connectivity index (χ4n) is 1.08. The van der Waals surface area contributed by atoms with Crippen LogP contribution in [0.2, 0.25) is 0 Å². The van der Waals surface area contributed by atoms with Crippen LogP contribution in [0.15, 0.2) is 24.4 Å². The van der Waals surface area contributed by atoms with Crippen molar-refractivity contribution in [1.29, 1.82) is 5.26 Å². The Balaban J connectivity index is 0.000000151. The van der Waals surface area contributed by atoms with Crippen LogP contribution in [0.4, 0.5) is 0 Å². The number of hydrogen-bond acceptors (Lipinski definition) is 3. The van der Waals surface area contributed by atoms with Gasteiger partial charge in [0.15, 0.2) is 0 Å². The third-order valence-corrected chi connectivity index (χ3v) is 2.23. The van der Waals surface area contributed by atoms with E-state index >= 15 is 0 Å². The van der Waals surface area contributed by atoms with Crippen LogP contribution in [0.25, 0.3) is 0 Å². The summed E-state index contributed by atoms with van der Waals surface area (Å²) in [5, 5.41) is 16.5. The molecule has 15 heavy (non-hydrogen) atoms. The van der Waals surface area contributed by atoms with E-state index in [9.17, 15) is 4.79 Å². The lowest BCUT2D eigenvalue weighted by Gasteiger charge is -2.19. The molecule has 4 nitrogen and oxygen atoms in total. The van der Waals surface area contributed by atoms with E-state index in [0.29, 0.717) is 5.69 Å². The van der Waals surface area contributed by atoms with Gasteiger partial charge in [-0.1, -0.05) is 12.5 Å². The Labute approximate surface area is 88.2 Å². The maximum Gasteiger partial charge on any atom is 0.306 e. The number of carbonyl (C=O) groups is 1. The number of nitrogens with zero attached hydrogens (tertiary/aromatic N) is 2. The summed E-state index contributed by atoms with van der Waals surface area (Å²) in [5.41, 5.74) is 0.465. The second-order valence-electron chi connectivity index (χ2n) is 3.29. The molecule has 1 aliphatic carbocycles. The van der Waals surface area contributed by atoms with E-state index in [-0.39, 0.29) is 5.92 Å². The Morgan fingerprint density at radius 3 is 2.47 bits per heavy atom. The summed E-state index contributed by atoms with van der Waals surface area (Å²) in [6.07, 6.45) is 4.50. The molecule has 1 N–H and O–H groups in total. The summed E-state index contributed by atoms with van der Waals surface area (Å²) >= 11 is 0. The summed E-state index contributed by atoms with van der Waals surface area (Å²) in [7, 11) is 0. The normalized spacial score (nSPS) is 14.1. The van der Waals surface area contributed by atoms with Crippen LogP contribution in [0, 0.1) is 17.2 Å². The summed E-state index contributed by atoms with van der Waals surface area (Å²) < 4.78 is 0. The molecule has 1 fully saturated rings. The predicted molar refractivity (Wildman–Crippen MR) is 53.9 cm³/mol.